The number of piperazine rings is 1. The van der Waals surface area contributed by atoms with Crippen LogP contribution in [0.1, 0.15) is 27.5 Å². The molecule has 3 N–H and O–H groups in total. The van der Waals surface area contributed by atoms with Crippen LogP contribution >= 0.6 is 24.0 Å². The monoisotopic (exact) mass is 365 g/mol. The van der Waals surface area contributed by atoms with Gasteiger partial charge in [-0.2, -0.15) is 0 Å². The SMILES string of the molecule is Cl.NC(=O)c1ccc(CN2CCNCC2c2cccc(Cl)c2)cc1. The number of carbonyl (C=O) groups excluding carboxylic acids is 1. The van der Waals surface area contributed by atoms with E-state index in [2.05, 4.69) is 16.3 Å². The second-order valence-electron chi connectivity index (χ2n) is 5.81. The summed E-state index contributed by atoms with van der Waals surface area (Å²) in [5.41, 5.74) is 8.22. The lowest BCUT2D eigenvalue weighted by molar-refractivity contribution is 0.1000. The van der Waals surface area contributed by atoms with E-state index in [1.165, 1.54) is 11.1 Å². The van der Waals surface area contributed by atoms with E-state index in [0.717, 1.165) is 31.2 Å². The number of carbonyl (C=O) groups is 1. The molecule has 4 nitrogen and oxygen atoms in total. The minimum absolute atomic E-state index is 0. The molecule has 3 rings (SSSR count). The molecule has 0 bridgehead atoms. The van der Waals surface area contributed by atoms with Gasteiger partial charge in [0, 0.05) is 42.8 Å². The first-order valence-electron chi connectivity index (χ1n) is 7.72. The van der Waals surface area contributed by atoms with Crippen molar-refractivity contribution in [1.82, 2.24) is 10.2 Å². The largest absolute Gasteiger partial charge is 0.366 e. The molecule has 1 atom stereocenters. The molecule has 1 fully saturated rings. The molecule has 1 aliphatic rings. The van der Waals surface area contributed by atoms with Gasteiger partial charge in [0.1, 0.15) is 0 Å². The molecule has 0 saturated carbocycles. The van der Waals surface area contributed by atoms with E-state index >= 15 is 0 Å². The Morgan fingerprint density at radius 2 is 2.00 bits per heavy atom. The van der Waals surface area contributed by atoms with Crippen molar-refractivity contribution in [3.8, 4) is 0 Å². The number of hydrogen-bond donors (Lipinski definition) is 2. The molecular formula is C18H21Cl2N3O. The molecule has 2 aromatic rings. The van der Waals surface area contributed by atoms with Crippen LogP contribution in [0.2, 0.25) is 5.02 Å². The van der Waals surface area contributed by atoms with Gasteiger partial charge in [0.2, 0.25) is 5.91 Å². The number of rotatable bonds is 4. The number of primary amides is 1. The summed E-state index contributed by atoms with van der Waals surface area (Å²) in [5, 5.41) is 4.21. The molecule has 1 heterocycles. The lowest BCUT2D eigenvalue weighted by atomic mass is 10.0. The minimum Gasteiger partial charge on any atom is -0.366 e. The minimum atomic E-state index is -0.393. The quantitative estimate of drug-likeness (QED) is 0.875. The van der Waals surface area contributed by atoms with Gasteiger partial charge in [-0.3, -0.25) is 9.69 Å². The van der Waals surface area contributed by atoms with Crippen molar-refractivity contribution in [2.75, 3.05) is 19.6 Å². The lowest BCUT2D eigenvalue weighted by Gasteiger charge is -2.36. The van der Waals surface area contributed by atoms with Crippen molar-refractivity contribution in [2.24, 2.45) is 5.73 Å². The Morgan fingerprint density at radius 1 is 1.25 bits per heavy atom. The van der Waals surface area contributed by atoms with Gasteiger partial charge < -0.3 is 11.1 Å². The highest BCUT2D eigenvalue weighted by atomic mass is 35.5. The van der Waals surface area contributed by atoms with Gasteiger partial charge in [-0.25, -0.2) is 0 Å². The molecule has 0 spiro atoms. The summed E-state index contributed by atoms with van der Waals surface area (Å²) < 4.78 is 0. The number of halogens is 2. The van der Waals surface area contributed by atoms with Gasteiger partial charge in [-0.1, -0.05) is 35.9 Å². The molecule has 1 saturated heterocycles. The first-order chi connectivity index (χ1) is 11.1. The molecular weight excluding hydrogens is 345 g/mol. The molecule has 24 heavy (non-hydrogen) atoms. The predicted molar refractivity (Wildman–Crippen MR) is 99.7 cm³/mol. The standard InChI is InChI=1S/C18H20ClN3O.ClH/c19-16-3-1-2-15(10-16)17-11-21-8-9-22(17)12-13-4-6-14(7-5-13)18(20)23;/h1-7,10,17,21H,8-9,11-12H2,(H2,20,23);1H. The van der Waals surface area contributed by atoms with E-state index in [9.17, 15) is 4.79 Å². The molecule has 128 valence electrons. The second-order valence-corrected chi connectivity index (χ2v) is 6.24. The zero-order valence-electron chi connectivity index (χ0n) is 13.2. The molecule has 0 radical (unpaired) electrons. The number of nitrogens with two attached hydrogens (primary N) is 1. The fourth-order valence-electron chi connectivity index (χ4n) is 2.99. The third-order valence-electron chi connectivity index (χ3n) is 4.21. The van der Waals surface area contributed by atoms with Crippen molar-refractivity contribution in [3.05, 3.63) is 70.2 Å². The fourth-order valence-corrected chi connectivity index (χ4v) is 3.19. The smallest absolute Gasteiger partial charge is 0.248 e. The van der Waals surface area contributed by atoms with Crippen molar-refractivity contribution in [2.45, 2.75) is 12.6 Å². The third kappa shape index (κ3) is 4.48. The molecule has 1 aliphatic heterocycles. The van der Waals surface area contributed by atoms with Gasteiger partial charge in [-0.05, 0) is 35.4 Å². The average molecular weight is 366 g/mol. The van der Waals surface area contributed by atoms with Gasteiger partial charge >= 0.3 is 0 Å². The maximum Gasteiger partial charge on any atom is 0.248 e. The Kier molecular flexibility index (Phi) is 6.63. The normalized spacial score (nSPS) is 18.0. The summed E-state index contributed by atoms with van der Waals surface area (Å²) in [6.07, 6.45) is 0. The van der Waals surface area contributed by atoms with Crippen molar-refractivity contribution < 1.29 is 4.79 Å². The summed E-state index contributed by atoms with van der Waals surface area (Å²) in [6, 6.07) is 15.8. The van der Waals surface area contributed by atoms with Gasteiger partial charge in [-0.15, -0.1) is 12.4 Å². The van der Waals surface area contributed by atoms with E-state index in [1.807, 2.05) is 30.3 Å². The van der Waals surface area contributed by atoms with Crippen LogP contribution in [0.3, 0.4) is 0 Å². The van der Waals surface area contributed by atoms with Crippen LogP contribution in [0.15, 0.2) is 48.5 Å². The van der Waals surface area contributed by atoms with Crippen LogP contribution in [0.5, 0.6) is 0 Å². The molecule has 0 aliphatic carbocycles. The predicted octanol–water partition coefficient (Wildman–Crippen LogP) is 3.01. The first kappa shape index (κ1) is 18.7. The number of nitrogens with one attached hydrogen (secondary N) is 1. The molecule has 0 aromatic heterocycles. The Bertz CT molecular complexity index is 691. The Hall–Kier alpha value is -1.59. The van der Waals surface area contributed by atoms with Crippen molar-refractivity contribution >= 4 is 29.9 Å². The summed E-state index contributed by atoms with van der Waals surface area (Å²) in [7, 11) is 0. The van der Waals surface area contributed by atoms with Crippen LogP contribution in [-0.2, 0) is 6.54 Å². The van der Waals surface area contributed by atoms with Gasteiger partial charge in [0.25, 0.3) is 0 Å². The highest BCUT2D eigenvalue weighted by molar-refractivity contribution is 6.30. The lowest BCUT2D eigenvalue weighted by Crippen LogP contribution is -2.45. The second kappa shape index (κ2) is 8.49. The zero-order valence-corrected chi connectivity index (χ0v) is 14.8. The van der Waals surface area contributed by atoms with E-state index in [4.69, 9.17) is 17.3 Å². The number of nitrogens with zero attached hydrogens (tertiary/aromatic N) is 1. The van der Waals surface area contributed by atoms with Crippen LogP contribution < -0.4 is 11.1 Å². The Morgan fingerprint density at radius 3 is 2.67 bits per heavy atom. The third-order valence-corrected chi connectivity index (χ3v) is 4.45. The van der Waals surface area contributed by atoms with Crippen molar-refractivity contribution in [1.29, 1.82) is 0 Å². The molecule has 1 amide bonds. The van der Waals surface area contributed by atoms with E-state index in [-0.39, 0.29) is 12.4 Å². The van der Waals surface area contributed by atoms with E-state index in [1.54, 1.807) is 12.1 Å². The summed E-state index contributed by atoms with van der Waals surface area (Å²) in [6.45, 7) is 3.67. The van der Waals surface area contributed by atoms with Crippen molar-refractivity contribution in [3.63, 3.8) is 0 Å². The Labute approximate surface area is 153 Å². The van der Waals surface area contributed by atoms with Gasteiger partial charge in [0.05, 0.1) is 0 Å². The average Bonchev–Trinajstić information content (AvgIpc) is 2.56. The van der Waals surface area contributed by atoms with Gasteiger partial charge in [0.15, 0.2) is 0 Å². The first-order valence-corrected chi connectivity index (χ1v) is 8.10. The summed E-state index contributed by atoms with van der Waals surface area (Å²) in [5.74, 6) is -0.393. The maximum absolute atomic E-state index is 11.2. The van der Waals surface area contributed by atoms with Crippen LogP contribution in [0.25, 0.3) is 0 Å². The van der Waals surface area contributed by atoms with Crippen LogP contribution in [0, 0.1) is 0 Å². The summed E-state index contributed by atoms with van der Waals surface area (Å²) in [4.78, 5) is 13.6. The molecule has 2 aromatic carbocycles. The number of benzene rings is 2. The maximum atomic E-state index is 11.2. The zero-order chi connectivity index (χ0) is 16.2. The molecule has 1 unspecified atom stereocenters. The van der Waals surface area contributed by atoms with Crippen LogP contribution in [-0.4, -0.2) is 30.4 Å². The van der Waals surface area contributed by atoms with Crippen LogP contribution in [0.4, 0.5) is 0 Å². The summed E-state index contributed by atoms with van der Waals surface area (Å²) >= 11 is 6.14. The number of amides is 1. The Balaban J connectivity index is 0.00000208. The van der Waals surface area contributed by atoms with E-state index < -0.39 is 5.91 Å². The highest BCUT2D eigenvalue weighted by Gasteiger charge is 2.23. The fraction of sp³-hybridized carbons (Fsp3) is 0.278. The highest BCUT2D eigenvalue weighted by Crippen LogP contribution is 2.26. The number of hydrogen-bond acceptors (Lipinski definition) is 3. The van der Waals surface area contributed by atoms with E-state index in [0.29, 0.717) is 11.6 Å². The molecule has 6 heteroatoms. The topological polar surface area (TPSA) is 58.4 Å².